The molecule has 2 rings (SSSR count). The molecule has 18 heavy (non-hydrogen) atoms. The summed E-state index contributed by atoms with van der Waals surface area (Å²) in [6.07, 6.45) is 5.48. The fourth-order valence-corrected chi connectivity index (χ4v) is 3.14. The Hall–Kier alpha value is -1.16. The first-order valence-electron chi connectivity index (χ1n) is 6.57. The molecule has 0 spiro atoms. The normalized spacial score (nSPS) is 27.8. The minimum Gasteiger partial charge on any atom is -0.389 e. The van der Waals surface area contributed by atoms with Crippen molar-refractivity contribution in [2.24, 2.45) is 17.6 Å². The van der Waals surface area contributed by atoms with Crippen molar-refractivity contribution in [3.05, 3.63) is 23.9 Å². The van der Waals surface area contributed by atoms with E-state index in [1.165, 1.54) is 19.3 Å². The fraction of sp³-hybridized carbons (Fsp3) is 0.571. The quantitative estimate of drug-likeness (QED) is 0.823. The van der Waals surface area contributed by atoms with Crippen molar-refractivity contribution in [1.29, 1.82) is 0 Å². The number of pyridine rings is 1. The molecule has 2 atom stereocenters. The summed E-state index contributed by atoms with van der Waals surface area (Å²) in [5.74, 6) is 2.36. The molecule has 1 heterocycles. The second kappa shape index (κ2) is 5.65. The van der Waals surface area contributed by atoms with Crippen LogP contribution in [0.2, 0.25) is 0 Å². The summed E-state index contributed by atoms with van der Waals surface area (Å²) >= 11 is 5.06. The van der Waals surface area contributed by atoms with Crippen molar-refractivity contribution in [1.82, 2.24) is 4.98 Å². The maximum Gasteiger partial charge on any atom is 0.136 e. The first kappa shape index (κ1) is 13.3. The van der Waals surface area contributed by atoms with Crippen LogP contribution in [0.15, 0.2) is 18.3 Å². The van der Waals surface area contributed by atoms with Gasteiger partial charge in [0.2, 0.25) is 0 Å². The topological polar surface area (TPSA) is 50.9 Å². The van der Waals surface area contributed by atoms with E-state index in [0.29, 0.717) is 11.0 Å². The zero-order valence-corrected chi connectivity index (χ0v) is 11.8. The van der Waals surface area contributed by atoms with E-state index in [-0.39, 0.29) is 0 Å². The Morgan fingerprint density at radius 3 is 2.61 bits per heavy atom. The third-order valence-electron chi connectivity index (χ3n) is 3.59. The van der Waals surface area contributed by atoms with Gasteiger partial charge in [0.25, 0.3) is 0 Å². The Balaban J connectivity index is 2.11. The van der Waals surface area contributed by atoms with Crippen LogP contribution in [-0.2, 0) is 0 Å². The van der Waals surface area contributed by atoms with Crippen LogP contribution < -0.4 is 11.1 Å². The molecule has 0 aliphatic heterocycles. The fourth-order valence-electron chi connectivity index (χ4n) is 2.98. The van der Waals surface area contributed by atoms with Gasteiger partial charge in [0.15, 0.2) is 0 Å². The molecule has 2 unspecified atom stereocenters. The molecule has 98 valence electrons. The molecule has 0 aromatic carbocycles. The van der Waals surface area contributed by atoms with Crippen molar-refractivity contribution in [2.45, 2.75) is 39.2 Å². The molecule has 3 nitrogen and oxygen atoms in total. The van der Waals surface area contributed by atoms with E-state index in [2.05, 4.69) is 24.1 Å². The number of aromatic nitrogens is 1. The maximum atomic E-state index is 5.73. The predicted octanol–water partition coefficient (Wildman–Crippen LogP) is 2.95. The lowest BCUT2D eigenvalue weighted by atomic mass is 9.80. The van der Waals surface area contributed by atoms with Crippen molar-refractivity contribution in [3.63, 3.8) is 0 Å². The van der Waals surface area contributed by atoms with Gasteiger partial charge in [-0.15, -0.1) is 0 Å². The highest BCUT2D eigenvalue weighted by Crippen LogP contribution is 2.30. The summed E-state index contributed by atoms with van der Waals surface area (Å²) in [4.78, 5) is 4.77. The number of hydrogen-bond donors (Lipinski definition) is 2. The Labute approximate surface area is 114 Å². The molecule has 1 saturated carbocycles. The van der Waals surface area contributed by atoms with E-state index in [4.69, 9.17) is 18.0 Å². The molecule has 1 aromatic rings. The SMILES string of the molecule is CC1CC(C)CC(Nc2ncccc2C(N)=S)C1. The number of nitrogens with two attached hydrogens (primary N) is 1. The van der Waals surface area contributed by atoms with Gasteiger partial charge >= 0.3 is 0 Å². The van der Waals surface area contributed by atoms with Gasteiger partial charge in [-0.25, -0.2) is 4.98 Å². The van der Waals surface area contributed by atoms with Gasteiger partial charge in [-0.3, -0.25) is 0 Å². The monoisotopic (exact) mass is 263 g/mol. The van der Waals surface area contributed by atoms with Crippen LogP contribution >= 0.6 is 12.2 Å². The van der Waals surface area contributed by atoms with Gasteiger partial charge < -0.3 is 11.1 Å². The van der Waals surface area contributed by atoms with E-state index in [9.17, 15) is 0 Å². The third kappa shape index (κ3) is 3.19. The second-order valence-corrected chi connectivity index (χ2v) is 5.96. The van der Waals surface area contributed by atoms with E-state index >= 15 is 0 Å². The molecule has 4 heteroatoms. The molecule has 1 aliphatic rings. The minimum atomic E-state index is 0.405. The summed E-state index contributed by atoms with van der Waals surface area (Å²) < 4.78 is 0. The molecule has 0 amide bonds. The highest BCUT2D eigenvalue weighted by molar-refractivity contribution is 7.80. The Morgan fingerprint density at radius 1 is 1.33 bits per heavy atom. The number of anilines is 1. The first-order valence-corrected chi connectivity index (χ1v) is 6.98. The Kier molecular flexibility index (Phi) is 4.17. The average molecular weight is 263 g/mol. The Bertz CT molecular complexity index is 423. The number of hydrogen-bond acceptors (Lipinski definition) is 3. The van der Waals surface area contributed by atoms with Gasteiger partial charge in [-0.05, 0) is 43.2 Å². The van der Waals surface area contributed by atoms with Crippen molar-refractivity contribution < 1.29 is 0 Å². The molecule has 1 fully saturated rings. The van der Waals surface area contributed by atoms with Crippen LogP contribution in [-0.4, -0.2) is 16.0 Å². The predicted molar refractivity (Wildman–Crippen MR) is 79.7 cm³/mol. The van der Waals surface area contributed by atoms with Crippen LogP contribution in [0.3, 0.4) is 0 Å². The number of rotatable bonds is 3. The van der Waals surface area contributed by atoms with Crippen molar-refractivity contribution in [2.75, 3.05) is 5.32 Å². The molecule has 1 aromatic heterocycles. The van der Waals surface area contributed by atoms with E-state index in [1.807, 2.05) is 12.1 Å². The highest BCUT2D eigenvalue weighted by atomic mass is 32.1. The van der Waals surface area contributed by atoms with E-state index in [0.717, 1.165) is 23.2 Å². The summed E-state index contributed by atoms with van der Waals surface area (Å²) in [6.45, 7) is 4.63. The van der Waals surface area contributed by atoms with Gasteiger partial charge in [-0.2, -0.15) is 0 Å². The Morgan fingerprint density at radius 2 is 2.00 bits per heavy atom. The van der Waals surface area contributed by atoms with Gasteiger partial charge in [-0.1, -0.05) is 26.1 Å². The smallest absolute Gasteiger partial charge is 0.136 e. The third-order valence-corrected chi connectivity index (χ3v) is 3.81. The zero-order chi connectivity index (χ0) is 13.1. The standard InChI is InChI=1S/C14H21N3S/c1-9-6-10(2)8-11(7-9)17-14-12(13(15)18)4-3-5-16-14/h3-5,9-11H,6-8H2,1-2H3,(H2,15,18)(H,16,17). The molecular weight excluding hydrogens is 242 g/mol. The molecule has 0 radical (unpaired) electrons. The summed E-state index contributed by atoms with van der Waals surface area (Å²) in [5, 5.41) is 3.51. The summed E-state index contributed by atoms with van der Waals surface area (Å²) in [6, 6.07) is 4.27. The van der Waals surface area contributed by atoms with Crippen LogP contribution in [0.25, 0.3) is 0 Å². The lowest BCUT2D eigenvalue weighted by Crippen LogP contribution is -2.31. The van der Waals surface area contributed by atoms with Crippen molar-refractivity contribution in [3.8, 4) is 0 Å². The van der Waals surface area contributed by atoms with Crippen LogP contribution in [0.4, 0.5) is 5.82 Å². The summed E-state index contributed by atoms with van der Waals surface area (Å²) in [7, 11) is 0. The zero-order valence-electron chi connectivity index (χ0n) is 11.0. The first-order chi connectivity index (χ1) is 8.56. The molecule has 0 bridgehead atoms. The molecule has 0 saturated heterocycles. The highest BCUT2D eigenvalue weighted by Gasteiger charge is 2.24. The van der Waals surface area contributed by atoms with Crippen LogP contribution in [0.1, 0.15) is 38.7 Å². The molecule has 1 aliphatic carbocycles. The summed E-state index contributed by atoms with van der Waals surface area (Å²) in [5.41, 5.74) is 6.57. The largest absolute Gasteiger partial charge is 0.389 e. The van der Waals surface area contributed by atoms with Gasteiger partial charge in [0.1, 0.15) is 10.8 Å². The number of nitrogens with one attached hydrogen (secondary N) is 1. The molecular formula is C14H21N3S. The lowest BCUT2D eigenvalue weighted by molar-refractivity contribution is 0.280. The number of thiocarbonyl (C=S) groups is 1. The maximum absolute atomic E-state index is 5.73. The van der Waals surface area contributed by atoms with E-state index in [1.54, 1.807) is 6.20 Å². The van der Waals surface area contributed by atoms with Gasteiger partial charge in [0.05, 0.1) is 5.56 Å². The van der Waals surface area contributed by atoms with E-state index < -0.39 is 0 Å². The number of nitrogens with zero attached hydrogens (tertiary/aromatic N) is 1. The minimum absolute atomic E-state index is 0.405. The molecule has 3 N–H and O–H groups in total. The lowest BCUT2D eigenvalue weighted by Gasteiger charge is -2.32. The van der Waals surface area contributed by atoms with Crippen LogP contribution in [0, 0.1) is 11.8 Å². The van der Waals surface area contributed by atoms with Crippen molar-refractivity contribution >= 4 is 23.0 Å². The van der Waals surface area contributed by atoms with Crippen LogP contribution in [0.5, 0.6) is 0 Å². The van der Waals surface area contributed by atoms with Gasteiger partial charge in [0, 0.05) is 12.2 Å². The average Bonchev–Trinajstić information content (AvgIpc) is 2.27. The second-order valence-electron chi connectivity index (χ2n) is 5.52.